The van der Waals surface area contributed by atoms with E-state index in [-0.39, 0.29) is 6.04 Å². The molecule has 0 aromatic heterocycles. The predicted octanol–water partition coefficient (Wildman–Crippen LogP) is 4.81. The van der Waals surface area contributed by atoms with Crippen LogP contribution in [0, 0.1) is 6.92 Å². The van der Waals surface area contributed by atoms with Gasteiger partial charge in [0.1, 0.15) is 12.4 Å². The highest BCUT2D eigenvalue weighted by Crippen LogP contribution is 2.32. The van der Waals surface area contributed by atoms with Gasteiger partial charge in [-0.1, -0.05) is 60.7 Å². The van der Waals surface area contributed by atoms with Gasteiger partial charge < -0.3 is 10.1 Å². The smallest absolute Gasteiger partial charge is 0.120 e. The molecule has 0 saturated heterocycles. The maximum Gasteiger partial charge on any atom is 0.120 e. The standard InChI is InChI=1S/C23H23NO/c1-17-7-5-6-10-21(17)23-22-12-11-20(15-19(22)13-14-24-23)25-16-18-8-3-2-4-9-18/h2-12,15,23-24H,13-14,16H2,1H3. The van der Waals surface area contributed by atoms with E-state index in [1.54, 1.807) is 0 Å². The third-order valence-corrected chi connectivity index (χ3v) is 4.92. The Morgan fingerprint density at radius 3 is 2.56 bits per heavy atom. The van der Waals surface area contributed by atoms with Crippen LogP contribution in [0.25, 0.3) is 0 Å². The molecule has 0 aliphatic carbocycles. The van der Waals surface area contributed by atoms with Crippen molar-refractivity contribution in [3.05, 3.63) is 101 Å². The van der Waals surface area contributed by atoms with E-state index < -0.39 is 0 Å². The van der Waals surface area contributed by atoms with E-state index in [2.05, 4.69) is 66.8 Å². The number of benzene rings is 3. The zero-order valence-corrected chi connectivity index (χ0v) is 14.5. The molecule has 2 nitrogen and oxygen atoms in total. The first-order valence-electron chi connectivity index (χ1n) is 8.90. The van der Waals surface area contributed by atoms with Gasteiger partial charge in [-0.15, -0.1) is 0 Å². The Morgan fingerprint density at radius 1 is 0.920 bits per heavy atom. The summed E-state index contributed by atoms with van der Waals surface area (Å²) in [6.45, 7) is 3.79. The molecule has 1 N–H and O–H groups in total. The highest BCUT2D eigenvalue weighted by molar-refractivity contribution is 5.45. The molecular weight excluding hydrogens is 306 g/mol. The Hall–Kier alpha value is -2.58. The van der Waals surface area contributed by atoms with Gasteiger partial charge >= 0.3 is 0 Å². The summed E-state index contributed by atoms with van der Waals surface area (Å²) in [7, 11) is 0. The second-order valence-corrected chi connectivity index (χ2v) is 6.63. The first-order chi connectivity index (χ1) is 12.3. The van der Waals surface area contributed by atoms with Gasteiger partial charge in [0.15, 0.2) is 0 Å². The van der Waals surface area contributed by atoms with Gasteiger partial charge in [0.2, 0.25) is 0 Å². The van der Waals surface area contributed by atoms with Crippen molar-refractivity contribution < 1.29 is 4.74 Å². The highest BCUT2D eigenvalue weighted by atomic mass is 16.5. The normalized spacial score (nSPS) is 16.3. The second kappa shape index (κ2) is 7.12. The molecule has 0 spiro atoms. The minimum atomic E-state index is 0.271. The Balaban J connectivity index is 1.57. The Labute approximate surface area is 149 Å². The summed E-state index contributed by atoms with van der Waals surface area (Å²) in [6, 6.07) is 25.7. The van der Waals surface area contributed by atoms with Crippen LogP contribution in [0.5, 0.6) is 5.75 Å². The summed E-state index contributed by atoms with van der Waals surface area (Å²) in [5.41, 5.74) is 6.64. The number of nitrogens with one attached hydrogen (secondary N) is 1. The van der Waals surface area contributed by atoms with Crippen LogP contribution in [0.15, 0.2) is 72.8 Å². The Kier molecular flexibility index (Phi) is 4.53. The lowest BCUT2D eigenvalue weighted by atomic mass is 9.88. The zero-order chi connectivity index (χ0) is 17.1. The van der Waals surface area contributed by atoms with Crippen molar-refractivity contribution >= 4 is 0 Å². The van der Waals surface area contributed by atoms with E-state index in [1.807, 2.05) is 18.2 Å². The van der Waals surface area contributed by atoms with Gasteiger partial charge in [0.05, 0.1) is 6.04 Å². The van der Waals surface area contributed by atoms with Crippen LogP contribution in [0.4, 0.5) is 0 Å². The average molecular weight is 329 g/mol. The molecule has 1 aliphatic rings. The van der Waals surface area contributed by atoms with Crippen molar-refractivity contribution in [1.29, 1.82) is 0 Å². The molecule has 1 heterocycles. The number of rotatable bonds is 4. The number of fused-ring (bicyclic) bond motifs is 1. The van der Waals surface area contributed by atoms with Crippen molar-refractivity contribution in [3.8, 4) is 5.75 Å². The number of hydrogen-bond acceptors (Lipinski definition) is 2. The van der Waals surface area contributed by atoms with E-state index in [9.17, 15) is 0 Å². The summed E-state index contributed by atoms with van der Waals surface area (Å²) >= 11 is 0. The fraction of sp³-hybridized carbons (Fsp3) is 0.217. The van der Waals surface area contributed by atoms with E-state index in [0.29, 0.717) is 6.61 Å². The van der Waals surface area contributed by atoms with Crippen LogP contribution in [0.1, 0.15) is 33.9 Å². The molecule has 126 valence electrons. The molecule has 0 bridgehead atoms. The molecular formula is C23H23NO. The predicted molar refractivity (Wildman–Crippen MR) is 102 cm³/mol. The first-order valence-corrected chi connectivity index (χ1v) is 8.90. The summed E-state index contributed by atoms with van der Waals surface area (Å²) in [6.07, 6.45) is 1.04. The molecule has 1 unspecified atom stereocenters. The zero-order valence-electron chi connectivity index (χ0n) is 14.5. The topological polar surface area (TPSA) is 21.3 Å². The molecule has 1 aliphatic heterocycles. The summed E-state index contributed by atoms with van der Waals surface area (Å²) < 4.78 is 6.00. The van der Waals surface area contributed by atoms with Crippen LogP contribution in [-0.4, -0.2) is 6.54 Å². The van der Waals surface area contributed by atoms with Crippen LogP contribution in [-0.2, 0) is 13.0 Å². The molecule has 0 radical (unpaired) electrons. The van der Waals surface area contributed by atoms with Gasteiger partial charge in [0.25, 0.3) is 0 Å². The molecule has 25 heavy (non-hydrogen) atoms. The molecule has 1 atom stereocenters. The van der Waals surface area contributed by atoms with Gasteiger partial charge in [0, 0.05) is 6.54 Å². The molecule has 3 aromatic rings. The van der Waals surface area contributed by atoms with Crippen LogP contribution < -0.4 is 10.1 Å². The van der Waals surface area contributed by atoms with Crippen molar-refractivity contribution in [2.75, 3.05) is 6.54 Å². The molecule has 2 heteroatoms. The van der Waals surface area contributed by atoms with E-state index in [1.165, 1.54) is 27.8 Å². The van der Waals surface area contributed by atoms with Crippen LogP contribution in [0.2, 0.25) is 0 Å². The minimum Gasteiger partial charge on any atom is -0.489 e. The summed E-state index contributed by atoms with van der Waals surface area (Å²) in [4.78, 5) is 0. The first kappa shape index (κ1) is 15.9. The number of ether oxygens (including phenoxy) is 1. The van der Waals surface area contributed by atoms with E-state index in [4.69, 9.17) is 4.74 Å². The summed E-state index contributed by atoms with van der Waals surface area (Å²) in [5, 5.41) is 3.67. The molecule has 0 saturated carbocycles. The average Bonchev–Trinajstić information content (AvgIpc) is 2.67. The van der Waals surface area contributed by atoms with Gasteiger partial charge in [-0.25, -0.2) is 0 Å². The highest BCUT2D eigenvalue weighted by Gasteiger charge is 2.22. The largest absolute Gasteiger partial charge is 0.489 e. The van der Waals surface area contributed by atoms with Gasteiger partial charge in [-0.2, -0.15) is 0 Å². The van der Waals surface area contributed by atoms with Crippen molar-refractivity contribution in [2.24, 2.45) is 0 Å². The lowest BCUT2D eigenvalue weighted by Crippen LogP contribution is -2.31. The lowest BCUT2D eigenvalue weighted by Gasteiger charge is -2.29. The Bertz CT molecular complexity index is 857. The fourth-order valence-corrected chi connectivity index (χ4v) is 3.56. The third kappa shape index (κ3) is 3.45. The van der Waals surface area contributed by atoms with Crippen molar-refractivity contribution in [2.45, 2.75) is 26.0 Å². The molecule has 3 aromatic carbocycles. The van der Waals surface area contributed by atoms with E-state index in [0.717, 1.165) is 18.7 Å². The quantitative estimate of drug-likeness (QED) is 0.742. The third-order valence-electron chi connectivity index (χ3n) is 4.92. The van der Waals surface area contributed by atoms with Crippen LogP contribution in [0.3, 0.4) is 0 Å². The second-order valence-electron chi connectivity index (χ2n) is 6.63. The Morgan fingerprint density at radius 2 is 1.72 bits per heavy atom. The molecule has 0 fully saturated rings. The summed E-state index contributed by atoms with van der Waals surface area (Å²) in [5.74, 6) is 0.952. The number of hydrogen-bond donors (Lipinski definition) is 1. The van der Waals surface area contributed by atoms with E-state index >= 15 is 0 Å². The minimum absolute atomic E-state index is 0.271. The maximum absolute atomic E-state index is 6.00. The van der Waals surface area contributed by atoms with Crippen molar-refractivity contribution in [1.82, 2.24) is 5.32 Å². The molecule has 4 rings (SSSR count). The monoisotopic (exact) mass is 329 g/mol. The fourth-order valence-electron chi connectivity index (χ4n) is 3.56. The van der Waals surface area contributed by atoms with Crippen LogP contribution >= 0.6 is 0 Å². The lowest BCUT2D eigenvalue weighted by molar-refractivity contribution is 0.305. The van der Waals surface area contributed by atoms with Gasteiger partial charge in [-0.05, 0) is 53.3 Å². The maximum atomic E-state index is 6.00. The SMILES string of the molecule is Cc1ccccc1C1NCCc2cc(OCc3ccccc3)ccc21. The van der Waals surface area contributed by atoms with Crippen molar-refractivity contribution in [3.63, 3.8) is 0 Å². The number of aryl methyl sites for hydroxylation is 1. The van der Waals surface area contributed by atoms with Gasteiger partial charge in [-0.3, -0.25) is 0 Å². The molecule has 0 amide bonds.